The third kappa shape index (κ3) is 1.61. The van der Waals surface area contributed by atoms with Crippen LogP contribution in [0.2, 0.25) is 0 Å². The minimum atomic E-state index is -0.143. The van der Waals surface area contributed by atoms with Gasteiger partial charge in [0.15, 0.2) is 0 Å². The molecule has 0 unspecified atom stereocenters. The summed E-state index contributed by atoms with van der Waals surface area (Å²) in [6.45, 7) is 4.22. The van der Waals surface area contributed by atoms with Crippen LogP contribution in [-0.4, -0.2) is 0 Å². The molecule has 0 saturated heterocycles. The average Bonchev–Trinajstić information content (AvgIpc) is 2.53. The van der Waals surface area contributed by atoms with Gasteiger partial charge in [0, 0.05) is 5.39 Å². The molecular weight excluding hydrogens is 259 g/mol. The quantitative estimate of drug-likeness (QED) is 0.276. The summed E-state index contributed by atoms with van der Waals surface area (Å²) in [7, 11) is 0. The predicted molar refractivity (Wildman–Crippen MR) is 88.4 cm³/mol. The molecule has 0 radical (unpaired) electrons. The highest BCUT2D eigenvalue weighted by atomic mass is 19.1. The summed E-state index contributed by atoms with van der Waals surface area (Å²) in [5, 5.41) is 6.34. The van der Waals surface area contributed by atoms with Gasteiger partial charge in [0.05, 0.1) is 0 Å². The van der Waals surface area contributed by atoms with Gasteiger partial charge in [0.1, 0.15) is 5.82 Å². The summed E-state index contributed by atoms with van der Waals surface area (Å²) in [6, 6.07) is 17.8. The summed E-state index contributed by atoms with van der Waals surface area (Å²) < 4.78 is 14.4. The molecule has 0 nitrogen and oxygen atoms in total. The lowest BCUT2D eigenvalue weighted by Gasteiger charge is -2.14. The Morgan fingerprint density at radius 2 is 1.14 bits per heavy atom. The summed E-state index contributed by atoms with van der Waals surface area (Å²) >= 11 is 0. The topological polar surface area (TPSA) is 0 Å². The van der Waals surface area contributed by atoms with Crippen LogP contribution in [0.1, 0.15) is 11.1 Å². The minimum Gasteiger partial charge on any atom is -0.206 e. The maximum atomic E-state index is 14.4. The van der Waals surface area contributed by atoms with Crippen molar-refractivity contribution in [3.8, 4) is 0 Å². The normalized spacial score (nSPS) is 11.6. The first-order chi connectivity index (χ1) is 10.2. The number of rotatable bonds is 0. The summed E-state index contributed by atoms with van der Waals surface area (Å²) in [5.74, 6) is -0.143. The van der Waals surface area contributed by atoms with E-state index in [4.69, 9.17) is 0 Å². The zero-order valence-corrected chi connectivity index (χ0v) is 12.1. The molecule has 0 aliphatic rings. The van der Waals surface area contributed by atoms with E-state index in [2.05, 4.69) is 32.0 Å². The van der Waals surface area contributed by atoms with E-state index in [9.17, 15) is 4.39 Å². The molecule has 0 amide bonds. The van der Waals surface area contributed by atoms with Crippen molar-refractivity contribution in [1.82, 2.24) is 0 Å². The Morgan fingerprint density at radius 1 is 0.619 bits per heavy atom. The zero-order chi connectivity index (χ0) is 14.6. The standard InChI is InChI=1S/C20H15F/c1-12-14-7-3-4-8-15(14)13(2)20-17-10-6-5-9-16(17)19(21)11-18(12)20/h3-11H,1-2H3. The van der Waals surface area contributed by atoms with Crippen LogP contribution in [0.4, 0.5) is 4.39 Å². The molecule has 0 atom stereocenters. The predicted octanol–water partition coefficient (Wildman–Crippen LogP) is 5.90. The summed E-state index contributed by atoms with van der Waals surface area (Å²) in [6.07, 6.45) is 0. The zero-order valence-electron chi connectivity index (χ0n) is 12.1. The molecule has 0 spiro atoms. The minimum absolute atomic E-state index is 0.143. The maximum absolute atomic E-state index is 14.4. The second-order valence-electron chi connectivity index (χ2n) is 5.62. The molecule has 0 bridgehead atoms. The Labute approximate surface area is 122 Å². The Balaban J connectivity index is 2.40. The van der Waals surface area contributed by atoms with Gasteiger partial charge in [-0.2, -0.15) is 0 Å². The lowest BCUT2D eigenvalue weighted by Crippen LogP contribution is -1.91. The van der Waals surface area contributed by atoms with Gasteiger partial charge in [-0.05, 0) is 58.0 Å². The first-order valence-corrected chi connectivity index (χ1v) is 7.17. The van der Waals surface area contributed by atoms with Gasteiger partial charge in [-0.3, -0.25) is 0 Å². The molecule has 0 aliphatic heterocycles. The second-order valence-corrected chi connectivity index (χ2v) is 5.62. The van der Waals surface area contributed by atoms with E-state index in [-0.39, 0.29) is 5.82 Å². The first-order valence-electron chi connectivity index (χ1n) is 7.17. The molecule has 1 heteroatoms. The molecule has 4 aromatic carbocycles. The van der Waals surface area contributed by atoms with Gasteiger partial charge >= 0.3 is 0 Å². The van der Waals surface area contributed by atoms with E-state index in [1.807, 2.05) is 30.3 Å². The van der Waals surface area contributed by atoms with Crippen LogP contribution in [0.3, 0.4) is 0 Å². The second kappa shape index (κ2) is 4.29. The molecule has 0 aliphatic carbocycles. The van der Waals surface area contributed by atoms with Crippen LogP contribution in [-0.2, 0) is 0 Å². The molecule has 0 N–H and O–H groups in total. The molecule has 21 heavy (non-hydrogen) atoms. The molecular formula is C20H15F. The van der Waals surface area contributed by atoms with Gasteiger partial charge < -0.3 is 0 Å². The van der Waals surface area contributed by atoms with Crippen LogP contribution in [0.25, 0.3) is 32.3 Å². The number of hydrogen-bond donors (Lipinski definition) is 0. The third-order valence-electron chi connectivity index (χ3n) is 4.51. The van der Waals surface area contributed by atoms with Gasteiger partial charge in [-0.25, -0.2) is 4.39 Å². The summed E-state index contributed by atoms with van der Waals surface area (Å²) in [5.41, 5.74) is 2.37. The van der Waals surface area contributed by atoms with E-state index < -0.39 is 0 Å². The van der Waals surface area contributed by atoms with E-state index in [0.29, 0.717) is 5.39 Å². The van der Waals surface area contributed by atoms with Crippen molar-refractivity contribution < 1.29 is 4.39 Å². The van der Waals surface area contributed by atoms with Crippen LogP contribution < -0.4 is 0 Å². The first kappa shape index (κ1) is 12.3. The maximum Gasteiger partial charge on any atom is 0.131 e. The van der Waals surface area contributed by atoms with E-state index in [1.165, 1.54) is 21.7 Å². The smallest absolute Gasteiger partial charge is 0.131 e. The van der Waals surface area contributed by atoms with E-state index >= 15 is 0 Å². The van der Waals surface area contributed by atoms with Crippen LogP contribution in [0.5, 0.6) is 0 Å². The Morgan fingerprint density at radius 3 is 1.81 bits per heavy atom. The van der Waals surface area contributed by atoms with Gasteiger partial charge in [-0.15, -0.1) is 0 Å². The summed E-state index contributed by atoms with van der Waals surface area (Å²) in [4.78, 5) is 0. The molecule has 0 saturated carbocycles. The van der Waals surface area contributed by atoms with Crippen molar-refractivity contribution in [2.45, 2.75) is 13.8 Å². The molecule has 102 valence electrons. The van der Waals surface area contributed by atoms with Crippen LogP contribution >= 0.6 is 0 Å². The average molecular weight is 274 g/mol. The van der Waals surface area contributed by atoms with E-state index in [1.54, 1.807) is 6.07 Å². The highest BCUT2D eigenvalue weighted by molar-refractivity contribution is 6.16. The lowest BCUT2D eigenvalue weighted by molar-refractivity contribution is 0.641. The fraction of sp³-hybridized carbons (Fsp3) is 0.100. The Bertz CT molecular complexity index is 1010. The van der Waals surface area contributed by atoms with Crippen molar-refractivity contribution in [1.29, 1.82) is 0 Å². The number of halogens is 1. The highest BCUT2D eigenvalue weighted by Crippen LogP contribution is 2.37. The number of hydrogen-bond acceptors (Lipinski definition) is 0. The van der Waals surface area contributed by atoms with Crippen molar-refractivity contribution in [2.24, 2.45) is 0 Å². The number of benzene rings is 4. The van der Waals surface area contributed by atoms with Crippen molar-refractivity contribution in [3.63, 3.8) is 0 Å². The van der Waals surface area contributed by atoms with Crippen LogP contribution in [0, 0.1) is 19.7 Å². The number of fused-ring (bicyclic) bond motifs is 4. The Kier molecular flexibility index (Phi) is 2.52. The molecule has 0 fully saturated rings. The SMILES string of the molecule is Cc1c2ccccc2c(C)c2c1cc(F)c1ccccc12. The monoisotopic (exact) mass is 274 g/mol. The van der Waals surface area contributed by atoms with Crippen molar-refractivity contribution in [3.05, 3.63) is 71.5 Å². The largest absolute Gasteiger partial charge is 0.206 e. The molecule has 0 heterocycles. The molecule has 0 aromatic heterocycles. The van der Waals surface area contributed by atoms with Gasteiger partial charge in [0.2, 0.25) is 0 Å². The van der Waals surface area contributed by atoms with Crippen LogP contribution in [0.15, 0.2) is 54.6 Å². The fourth-order valence-electron chi connectivity index (χ4n) is 3.45. The van der Waals surface area contributed by atoms with Crippen molar-refractivity contribution in [2.75, 3.05) is 0 Å². The third-order valence-corrected chi connectivity index (χ3v) is 4.51. The fourth-order valence-corrected chi connectivity index (χ4v) is 3.45. The highest BCUT2D eigenvalue weighted by Gasteiger charge is 2.13. The van der Waals surface area contributed by atoms with Gasteiger partial charge in [-0.1, -0.05) is 48.5 Å². The lowest BCUT2D eigenvalue weighted by atomic mass is 9.90. The molecule has 4 aromatic rings. The Hall–Kier alpha value is -2.41. The van der Waals surface area contributed by atoms with E-state index in [0.717, 1.165) is 16.3 Å². The molecule has 4 rings (SSSR count). The van der Waals surface area contributed by atoms with Crippen molar-refractivity contribution >= 4 is 32.3 Å². The van der Waals surface area contributed by atoms with Gasteiger partial charge in [0.25, 0.3) is 0 Å². The number of aryl methyl sites for hydroxylation is 2.